The third kappa shape index (κ3) is 2.66. The van der Waals surface area contributed by atoms with Gasteiger partial charge in [-0.25, -0.2) is 4.79 Å². The van der Waals surface area contributed by atoms with Crippen LogP contribution in [-0.2, 0) is 0 Å². The van der Waals surface area contributed by atoms with Crippen molar-refractivity contribution in [2.75, 3.05) is 0 Å². The number of hydrogen-bond acceptors (Lipinski definition) is 4. The van der Waals surface area contributed by atoms with Crippen LogP contribution in [-0.4, -0.2) is 11.8 Å². The zero-order valence-corrected chi connectivity index (χ0v) is 9.88. The Balaban J connectivity index is 2.07. The van der Waals surface area contributed by atoms with Crippen LogP contribution >= 0.6 is 0 Å². The van der Waals surface area contributed by atoms with E-state index < -0.39 is 5.97 Å². The number of benzene rings is 1. The molecule has 0 saturated heterocycles. The summed E-state index contributed by atoms with van der Waals surface area (Å²) in [7, 11) is 0. The van der Waals surface area contributed by atoms with Gasteiger partial charge < -0.3 is 9.15 Å². The van der Waals surface area contributed by atoms with Crippen molar-refractivity contribution >= 4 is 11.8 Å². The molecule has 0 amide bonds. The molecule has 0 N–H and O–H groups in total. The van der Waals surface area contributed by atoms with Gasteiger partial charge in [-0.2, -0.15) is 0 Å². The van der Waals surface area contributed by atoms with E-state index in [0.29, 0.717) is 17.7 Å². The molecule has 1 aromatic carbocycles. The van der Waals surface area contributed by atoms with E-state index in [9.17, 15) is 9.59 Å². The second-order valence-electron chi connectivity index (χ2n) is 3.67. The molecular formula is C14H12O4. The Morgan fingerprint density at radius 2 is 1.89 bits per heavy atom. The lowest BCUT2D eigenvalue weighted by Gasteiger charge is -2.03. The van der Waals surface area contributed by atoms with Crippen LogP contribution in [0.2, 0.25) is 0 Å². The number of hydrogen-bond donors (Lipinski definition) is 0. The van der Waals surface area contributed by atoms with Crippen molar-refractivity contribution in [1.29, 1.82) is 0 Å². The molecule has 0 unspecified atom stereocenters. The fraction of sp³-hybridized carbons (Fsp3) is 0.143. The predicted molar refractivity (Wildman–Crippen MR) is 64.7 cm³/mol. The smallest absolute Gasteiger partial charge is 0.379 e. The Hall–Kier alpha value is -2.36. The number of carbonyl (C=O) groups is 2. The standard InChI is InChI=1S/C14H12O4/c1-2-12(15)10-5-7-11(8-6-10)18-14(16)13-4-3-9-17-13/h3-9H,2H2,1H3. The Morgan fingerprint density at radius 3 is 2.44 bits per heavy atom. The van der Waals surface area contributed by atoms with Crippen molar-refractivity contribution in [1.82, 2.24) is 0 Å². The molecule has 2 aromatic rings. The summed E-state index contributed by atoms with van der Waals surface area (Å²) in [4.78, 5) is 23.0. The largest absolute Gasteiger partial charge is 0.457 e. The van der Waals surface area contributed by atoms with Crippen LogP contribution in [0.25, 0.3) is 0 Å². The SMILES string of the molecule is CCC(=O)c1ccc(OC(=O)c2ccco2)cc1. The Morgan fingerprint density at radius 1 is 1.17 bits per heavy atom. The van der Waals surface area contributed by atoms with Gasteiger partial charge in [0.1, 0.15) is 5.75 Å². The summed E-state index contributed by atoms with van der Waals surface area (Å²) in [5.74, 6) is 0.0150. The molecule has 1 aromatic heterocycles. The number of Topliss-reactive ketones (excluding diaryl/α,β-unsaturated/α-hetero) is 1. The van der Waals surface area contributed by atoms with Crippen LogP contribution in [0.15, 0.2) is 47.1 Å². The van der Waals surface area contributed by atoms with Crippen LogP contribution < -0.4 is 4.74 Å². The first kappa shape index (κ1) is 12.1. The van der Waals surface area contributed by atoms with E-state index in [1.807, 2.05) is 0 Å². The van der Waals surface area contributed by atoms with Gasteiger partial charge in [0.2, 0.25) is 5.76 Å². The third-order valence-electron chi connectivity index (χ3n) is 2.43. The molecular weight excluding hydrogens is 232 g/mol. The minimum absolute atomic E-state index is 0.0545. The maximum atomic E-state index is 11.6. The topological polar surface area (TPSA) is 56.5 Å². The monoisotopic (exact) mass is 244 g/mol. The lowest BCUT2D eigenvalue weighted by atomic mass is 10.1. The van der Waals surface area contributed by atoms with E-state index in [-0.39, 0.29) is 11.5 Å². The summed E-state index contributed by atoms with van der Waals surface area (Å²) < 4.78 is 10.0. The first-order chi connectivity index (χ1) is 8.70. The number of ether oxygens (including phenoxy) is 1. The zero-order chi connectivity index (χ0) is 13.0. The van der Waals surface area contributed by atoms with Crippen molar-refractivity contribution in [3.05, 3.63) is 54.0 Å². The predicted octanol–water partition coefficient (Wildman–Crippen LogP) is 3.09. The summed E-state index contributed by atoms with van der Waals surface area (Å²) in [6.07, 6.45) is 1.85. The Bertz CT molecular complexity index is 538. The average Bonchev–Trinajstić information content (AvgIpc) is 2.92. The number of carbonyl (C=O) groups excluding carboxylic acids is 2. The van der Waals surface area contributed by atoms with E-state index >= 15 is 0 Å². The molecule has 0 bridgehead atoms. The molecule has 92 valence electrons. The Kier molecular flexibility index (Phi) is 3.57. The van der Waals surface area contributed by atoms with Gasteiger partial charge in [0.25, 0.3) is 0 Å². The van der Waals surface area contributed by atoms with Crippen molar-refractivity contribution in [2.45, 2.75) is 13.3 Å². The third-order valence-corrected chi connectivity index (χ3v) is 2.43. The van der Waals surface area contributed by atoms with Gasteiger partial charge in [-0.15, -0.1) is 0 Å². The zero-order valence-electron chi connectivity index (χ0n) is 9.88. The second kappa shape index (κ2) is 5.31. The van der Waals surface area contributed by atoms with Crippen molar-refractivity contribution in [3.63, 3.8) is 0 Å². The minimum atomic E-state index is -0.561. The Labute approximate surface area is 104 Å². The highest BCUT2D eigenvalue weighted by Gasteiger charge is 2.11. The molecule has 0 aliphatic rings. The normalized spacial score (nSPS) is 10.1. The fourth-order valence-electron chi connectivity index (χ4n) is 1.47. The van der Waals surface area contributed by atoms with Crippen LogP contribution in [0.3, 0.4) is 0 Å². The van der Waals surface area contributed by atoms with E-state index in [2.05, 4.69) is 0 Å². The summed E-state index contributed by atoms with van der Waals surface area (Å²) in [5, 5.41) is 0. The number of ketones is 1. The van der Waals surface area contributed by atoms with E-state index in [1.54, 1.807) is 37.3 Å². The van der Waals surface area contributed by atoms with Crippen molar-refractivity contribution in [3.8, 4) is 5.75 Å². The van der Waals surface area contributed by atoms with Crippen LogP contribution in [0.1, 0.15) is 34.3 Å². The van der Waals surface area contributed by atoms with Crippen molar-refractivity contribution in [2.24, 2.45) is 0 Å². The molecule has 0 saturated carbocycles. The first-order valence-electron chi connectivity index (χ1n) is 5.59. The van der Waals surface area contributed by atoms with E-state index in [1.165, 1.54) is 12.3 Å². The van der Waals surface area contributed by atoms with Gasteiger partial charge in [-0.1, -0.05) is 6.92 Å². The van der Waals surface area contributed by atoms with Gasteiger partial charge in [0.05, 0.1) is 6.26 Å². The summed E-state index contributed by atoms with van der Waals surface area (Å²) in [6, 6.07) is 9.58. The van der Waals surface area contributed by atoms with Crippen LogP contribution in [0, 0.1) is 0 Å². The van der Waals surface area contributed by atoms with Gasteiger partial charge in [-0.05, 0) is 36.4 Å². The van der Waals surface area contributed by atoms with Crippen LogP contribution in [0.4, 0.5) is 0 Å². The maximum absolute atomic E-state index is 11.6. The summed E-state index contributed by atoms with van der Waals surface area (Å²) in [5.41, 5.74) is 0.607. The quantitative estimate of drug-likeness (QED) is 0.471. The van der Waals surface area contributed by atoms with Gasteiger partial charge in [-0.3, -0.25) is 4.79 Å². The number of rotatable bonds is 4. The molecule has 2 rings (SSSR count). The lowest BCUT2D eigenvalue weighted by molar-refractivity contribution is 0.0701. The van der Waals surface area contributed by atoms with Crippen LogP contribution in [0.5, 0.6) is 5.75 Å². The first-order valence-corrected chi connectivity index (χ1v) is 5.59. The van der Waals surface area contributed by atoms with Crippen molar-refractivity contribution < 1.29 is 18.7 Å². The molecule has 0 fully saturated rings. The van der Waals surface area contributed by atoms with Gasteiger partial charge >= 0.3 is 5.97 Å². The number of furan rings is 1. The molecule has 4 heteroatoms. The highest BCUT2D eigenvalue weighted by atomic mass is 16.5. The lowest BCUT2D eigenvalue weighted by Crippen LogP contribution is -2.07. The average molecular weight is 244 g/mol. The second-order valence-corrected chi connectivity index (χ2v) is 3.67. The molecule has 4 nitrogen and oxygen atoms in total. The molecule has 0 radical (unpaired) electrons. The molecule has 0 atom stereocenters. The molecule has 0 aliphatic carbocycles. The summed E-state index contributed by atoms with van der Waals surface area (Å²) in [6.45, 7) is 1.80. The highest BCUT2D eigenvalue weighted by Crippen LogP contribution is 2.15. The fourth-order valence-corrected chi connectivity index (χ4v) is 1.47. The number of esters is 1. The van der Waals surface area contributed by atoms with E-state index in [4.69, 9.17) is 9.15 Å². The summed E-state index contributed by atoms with van der Waals surface area (Å²) >= 11 is 0. The maximum Gasteiger partial charge on any atom is 0.379 e. The van der Waals surface area contributed by atoms with Gasteiger partial charge in [0, 0.05) is 12.0 Å². The molecule has 1 heterocycles. The molecule has 0 aliphatic heterocycles. The molecule has 0 spiro atoms. The van der Waals surface area contributed by atoms with E-state index in [0.717, 1.165) is 0 Å². The van der Waals surface area contributed by atoms with Gasteiger partial charge in [0.15, 0.2) is 5.78 Å². The highest BCUT2D eigenvalue weighted by molar-refractivity contribution is 5.96. The minimum Gasteiger partial charge on any atom is -0.457 e. The molecule has 18 heavy (non-hydrogen) atoms.